The number of fused-ring (bicyclic) bond motifs is 1. The molecule has 2 N–H and O–H groups in total. The third-order valence-corrected chi connectivity index (χ3v) is 3.00. The Bertz CT molecular complexity index is 594. The van der Waals surface area contributed by atoms with Crippen molar-refractivity contribution in [3.63, 3.8) is 0 Å². The van der Waals surface area contributed by atoms with Crippen LogP contribution in [0.3, 0.4) is 0 Å². The molecule has 2 aromatic carbocycles. The maximum Gasteiger partial charge on any atom is 0.234 e. The van der Waals surface area contributed by atoms with Crippen LogP contribution < -0.4 is 10.6 Å². The first kappa shape index (κ1) is 14.5. The quantitative estimate of drug-likeness (QED) is 0.897. The van der Waals surface area contributed by atoms with Gasteiger partial charge in [0.2, 0.25) is 5.91 Å². The number of benzene rings is 2. The van der Waals surface area contributed by atoms with Crippen LogP contribution in [0.25, 0.3) is 10.8 Å². The zero-order valence-electron chi connectivity index (χ0n) is 12.4. The Hall–Kier alpha value is -1.87. The van der Waals surface area contributed by atoms with Crippen molar-refractivity contribution < 1.29 is 4.79 Å². The molecule has 0 aliphatic rings. The largest absolute Gasteiger partial charge is 0.350 e. The van der Waals surface area contributed by atoms with Gasteiger partial charge in [0, 0.05) is 12.1 Å². The summed E-state index contributed by atoms with van der Waals surface area (Å²) in [5.74, 6) is 0.0257. The molecule has 0 heterocycles. The summed E-state index contributed by atoms with van der Waals surface area (Å²) in [6, 6.07) is 14.5. The van der Waals surface area contributed by atoms with E-state index in [0.717, 1.165) is 0 Å². The lowest BCUT2D eigenvalue weighted by Gasteiger charge is -2.20. The minimum Gasteiger partial charge on any atom is -0.350 e. The maximum atomic E-state index is 11.7. The van der Waals surface area contributed by atoms with Crippen molar-refractivity contribution in [3.8, 4) is 0 Å². The summed E-state index contributed by atoms with van der Waals surface area (Å²) in [7, 11) is 0. The van der Waals surface area contributed by atoms with Gasteiger partial charge in [0.15, 0.2) is 0 Å². The van der Waals surface area contributed by atoms with Crippen molar-refractivity contribution in [3.05, 3.63) is 48.0 Å². The van der Waals surface area contributed by atoms with E-state index >= 15 is 0 Å². The molecule has 0 spiro atoms. The Morgan fingerprint density at radius 2 is 1.75 bits per heavy atom. The lowest BCUT2D eigenvalue weighted by atomic mass is 10.0. The Balaban J connectivity index is 1.95. The normalized spacial score (nSPS) is 11.6. The molecule has 0 bridgehead atoms. The monoisotopic (exact) mass is 270 g/mol. The van der Waals surface area contributed by atoms with Crippen LogP contribution in [0.15, 0.2) is 42.5 Å². The second kappa shape index (κ2) is 6.06. The first-order valence-electron chi connectivity index (χ1n) is 6.94. The van der Waals surface area contributed by atoms with Crippen molar-refractivity contribution in [1.82, 2.24) is 10.6 Å². The van der Waals surface area contributed by atoms with Crippen LogP contribution in [0.1, 0.15) is 26.3 Å². The topological polar surface area (TPSA) is 41.1 Å². The van der Waals surface area contributed by atoms with E-state index in [4.69, 9.17) is 0 Å². The summed E-state index contributed by atoms with van der Waals surface area (Å²) in [4.78, 5) is 11.7. The standard InChI is InChI=1S/C17H22N2O/c1-17(2,3)19-16(20)12-18-11-14-9-6-8-13-7-4-5-10-15(13)14/h4-10,18H,11-12H2,1-3H3,(H,19,20). The van der Waals surface area contributed by atoms with Gasteiger partial charge < -0.3 is 10.6 Å². The van der Waals surface area contributed by atoms with Gasteiger partial charge in [-0.2, -0.15) is 0 Å². The average Bonchev–Trinajstić information content (AvgIpc) is 2.37. The molecule has 106 valence electrons. The van der Waals surface area contributed by atoms with Gasteiger partial charge in [-0.25, -0.2) is 0 Å². The van der Waals surface area contributed by atoms with E-state index in [-0.39, 0.29) is 11.4 Å². The summed E-state index contributed by atoms with van der Waals surface area (Å²) in [5, 5.41) is 8.61. The van der Waals surface area contributed by atoms with Gasteiger partial charge in [0.1, 0.15) is 0 Å². The van der Waals surface area contributed by atoms with Crippen LogP contribution in [-0.2, 0) is 11.3 Å². The number of carbonyl (C=O) groups excluding carboxylic acids is 1. The van der Waals surface area contributed by atoms with E-state index in [9.17, 15) is 4.79 Å². The SMILES string of the molecule is CC(C)(C)NC(=O)CNCc1cccc2ccccc12. The molecular formula is C17H22N2O. The molecule has 3 nitrogen and oxygen atoms in total. The molecule has 3 heteroatoms. The van der Waals surface area contributed by atoms with Gasteiger partial charge in [-0.15, -0.1) is 0 Å². The first-order valence-corrected chi connectivity index (χ1v) is 6.94. The number of nitrogens with one attached hydrogen (secondary N) is 2. The van der Waals surface area contributed by atoms with Gasteiger partial charge in [-0.05, 0) is 37.1 Å². The number of hydrogen-bond donors (Lipinski definition) is 2. The summed E-state index contributed by atoms with van der Waals surface area (Å²) >= 11 is 0. The van der Waals surface area contributed by atoms with E-state index in [0.29, 0.717) is 13.1 Å². The summed E-state index contributed by atoms with van der Waals surface area (Å²) in [6.07, 6.45) is 0. The molecule has 0 unspecified atom stereocenters. The van der Waals surface area contributed by atoms with Crippen LogP contribution >= 0.6 is 0 Å². The molecule has 1 amide bonds. The molecule has 2 rings (SSSR count). The molecule has 0 radical (unpaired) electrons. The predicted octanol–water partition coefficient (Wildman–Crippen LogP) is 2.84. The second-order valence-corrected chi connectivity index (χ2v) is 6.04. The van der Waals surface area contributed by atoms with Crippen LogP contribution in [0.4, 0.5) is 0 Å². The first-order chi connectivity index (χ1) is 9.46. The van der Waals surface area contributed by atoms with Crippen molar-refractivity contribution in [2.24, 2.45) is 0 Å². The molecule has 0 saturated carbocycles. The third-order valence-electron chi connectivity index (χ3n) is 3.00. The molecule has 0 saturated heterocycles. The lowest BCUT2D eigenvalue weighted by Crippen LogP contribution is -2.44. The van der Waals surface area contributed by atoms with Crippen LogP contribution in [-0.4, -0.2) is 18.0 Å². The highest BCUT2D eigenvalue weighted by atomic mass is 16.2. The van der Waals surface area contributed by atoms with Gasteiger partial charge in [0.05, 0.1) is 6.54 Å². The van der Waals surface area contributed by atoms with Crippen LogP contribution in [0.2, 0.25) is 0 Å². The van der Waals surface area contributed by atoms with E-state index in [1.54, 1.807) is 0 Å². The van der Waals surface area contributed by atoms with E-state index < -0.39 is 0 Å². The summed E-state index contributed by atoms with van der Waals surface area (Å²) in [5.41, 5.74) is 1.03. The van der Waals surface area contributed by atoms with Crippen molar-refractivity contribution in [2.75, 3.05) is 6.54 Å². The summed E-state index contributed by atoms with van der Waals surface area (Å²) < 4.78 is 0. The molecule has 0 aliphatic heterocycles. The van der Waals surface area contributed by atoms with Gasteiger partial charge in [0.25, 0.3) is 0 Å². The zero-order valence-corrected chi connectivity index (χ0v) is 12.4. The highest BCUT2D eigenvalue weighted by molar-refractivity contribution is 5.85. The Kier molecular flexibility index (Phi) is 4.40. The summed E-state index contributed by atoms with van der Waals surface area (Å²) in [6.45, 7) is 6.97. The minimum absolute atomic E-state index is 0.0257. The Morgan fingerprint density at radius 1 is 1.05 bits per heavy atom. The van der Waals surface area contributed by atoms with Crippen molar-refractivity contribution in [2.45, 2.75) is 32.9 Å². The van der Waals surface area contributed by atoms with Crippen LogP contribution in [0, 0.1) is 0 Å². The van der Waals surface area contributed by atoms with Crippen LogP contribution in [0.5, 0.6) is 0 Å². The fourth-order valence-corrected chi connectivity index (χ4v) is 2.22. The highest BCUT2D eigenvalue weighted by Gasteiger charge is 2.12. The van der Waals surface area contributed by atoms with E-state index in [2.05, 4.69) is 41.0 Å². The third kappa shape index (κ3) is 4.07. The van der Waals surface area contributed by atoms with Gasteiger partial charge in [-0.1, -0.05) is 42.5 Å². The maximum absolute atomic E-state index is 11.7. The Morgan fingerprint density at radius 3 is 2.50 bits per heavy atom. The fraction of sp³-hybridized carbons (Fsp3) is 0.353. The fourth-order valence-electron chi connectivity index (χ4n) is 2.22. The average molecular weight is 270 g/mol. The highest BCUT2D eigenvalue weighted by Crippen LogP contribution is 2.18. The molecule has 0 aromatic heterocycles. The Labute approximate surface area is 120 Å². The molecule has 2 aromatic rings. The second-order valence-electron chi connectivity index (χ2n) is 6.04. The predicted molar refractivity (Wildman–Crippen MR) is 83.6 cm³/mol. The number of carbonyl (C=O) groups is 1. The lowest BCUT2D eigenvalue weighted by molar-refractivity contribution is -0.121. The zero-order chi connectivity index (χ0) is 14.6. The molecule has 0 atom stereocenters. The number of rotatable bonds is 4. The number of amides is 1. The van der Waals surface area contributed by atoms with Crippen molar-refractivity contribution in [1.29, 1.82) is 0 Å². The molecule has 20 heavy (non-hydrogen) atoms. The van der Waals surface area contributed by atoms with Gasteiger partial charge in [-0.3, -0.25) is 4.79 Å². The number of hydrogen-bond acceptors (Lipinski definition) is 2. The molecular weight excluding hydrogens is 248 g/mol. The molecule has 0 aliphatic carbocycles. The molecule has 0 fully saturated rings. The van der Waals surface area contributed by atoms with Crippen molar-refractivity contribution >= 4 is 16.7 Å². The smallest absolute Gasteiger partial charge is 0.234 e. The van der Waals surface area contributed by atoms with E-state index in [1.807, 2.05) is 32.9 Å². The van der Waals surface area contributed by atoms with E-state index in [1.165, 1.54) is 16.3 Å². The minimum atomic E-state index is -0.182. The van der Waals surface area contributed by atoms with Gasteiger partial charge >= 0.3 is 0 Å².